The topological polar surface area (TPSA) is 63.3 Å². The summed E-state index contributed by atoms with van der Waals surface area (Å²) < 4.78 is 16.2. The van der Waals surface area contributed by atoms with Crippen LogP contribution in [-0.4, -0.2) is 67.6 Å². The second-order valence-corrected chi connectivity index (χ2v) is 8.10. The van der Waals surface area contributed by atoms with Gasteiger partial charge in [-0.1, -0.05) is 6.07 Å². The number of nitrogens with one attached hydrogen (secondary N) is 1. The fraction of sp³-hybridized carbons (Fsp3) is 0.650. The van der Waals surface area contributed by atoms with Crippen molar-refractivity contribution in [2.75, 3.05) is 46.2 Å². The number of ether oxygens (including phenoxy) is 3. The van der Waals surface area contributed by atoms with E-state index in [1.165, 1.54) is 0 Å². The monoisotopic (exact) mass is 377 g/mol. The Hall–Kier alpha value is -1.99. The molecule has 3 rings (SSSR count). The van der Waals surface area contributed by atoms with Gasteiger partial charge in [0.05, 0.1) is 13.2 Å². The van der Waals surface area contributed by atoms with Gasteiger partial charge in [-0.2, -0.15) is 0 Å². The molecular formula is C20H31N3O4. The molecule has 1 saturated heterocycles. The predicted octanol–water partition coefficient (Wildman–Crippen LogP) is 2.45. The molecule has 27 heavy (non-hydrogen) atoms. The van der Waals surface area contributed by atoms with Gasteiger partial charge in [0.15, 0.2) is 11.5 Å². The van der Waals surface area contributed by atoms with Crippen molar-refractivity contribution in [3.8, 4) is 11.5 Å². The van der Waals surface area contributed by atoms with Crippen LogP contribution in [0.3, 0.4) is 0 Å². The van der Waals surface area contributed by atoms with Crippen LogP contribution in [-0.2, 0) is 11.3 Å². The fourth-order valence-corrected chi connectivity index (χ4v) is 3.22. The molecule has 2 aliphatic heterocycles. The molecular weight excluding hydrogens is 346 g/mol. The Labute approximate surface area is 161 Å². The largest absolute Gasteiger partial charge is 0.454 e. The molecule has 0 spiro atoms. The van der Waals surface area contributed by atoms with Gasteiger partial charge in [-0.3, -0.25) is 4.90 Å². The lowest BCUT2D eigenvalue weighted by Crippen LogP contribution is -2.49. The third-order valence-corrected chi connectivity index (χ3v) is 4.59. The molecule has 2 heterocycles. The summed E-state index contributed by atoms with van der Waals surface area (Å²) in [7, 11) is 0. The number of urea groups is 1. The summed E-state index contributed by atoms with van der Waals surface area (Å²) in [6, 6.07) is 5.82. The smallest absolute Gasteiger partial charge is 0.318 e. The van der Waals surface area contributed by atoms with Crippen LogP contribution < -0.4 is 14.8 Å². The molecule has 0 atom stereocenters. The van der Waals surface area contributed by atoms with E-state index in [4.69, 9.17) is 14.2 Å². The van der Waals surface area contributed by atoms with Gasteiger partial charge in [0.25, 0.3) is 0 Å². The van der Waals surface area contributed by atoms with Crippen LogP contribution in [0.4, 0.5) is 4.79 Å². The zero-order valence-electron chi connectivity index (χ0n) is 16.6. The van der Waals surface area contributed by atoms with E-state index in [1.54, 1.807) is 0 Å². The molecule has 0 aromatic heterocycles. The second-order valence-electron chi connectivity index (χ2n) is 8.10. The maximum atomic E-state index is 12.8. The lowest BCUT2D eigenvalue weighted by molar-refractivity contribution is 0.0364. The highest BCUT2D eigenvalue weighted by molar-refractivity contribution is 5.75. The van der Waals surface area contributed by atoms with Crippen molar-refractivity contribution < 1.29 is 19.0 Å². The Morgan fingerprint density at radius 2 is 1.93 bits per heavy atom. The molecule has 1 aromatic carbocycles. The minimum absolute atomic E-state index is 0.0397. The van der Waals surface area contributed by atoms with Gasteiger partial charge in [0.2, 0.25) is 6.79 Å². The summed E-state index contributed by atoms with van der Waals surface area (Å²) >= 11 is 0. The van der Waals surface area contributed by atoms with Crippen molar-refractivity contribution in [1.82, 2.24) is 15.1 Å². The zero-order valence-corrected chi connectivity index (χ0v) is 16.6. The van der Waals surface area contributed by atoms with Crippen molar-refractivity contribution in [3.63, 3.8) is 0 Å². The Morgan fingerprint density at radius 3 is 2.67 bits per heavy atom. The first-order chi connectivity index (χ1) is 12.9. The Balaban J connectivity index is 1.60. The molecule has 1 N–H and O–H groups in total. The summed E-state index contributed by atoms with van der Waals surface area (Å²) in [6.07, 6.45) is 0.933. The average Bonchev–Trinajstić information content (AvgIpc) is 3.08. The maximum absolute atomic E-state index is 12.8. The molecule has 0 bridgehead atoms. The van der Waals surface area contributed by atoms with E-state index in [0.29, 0.717) is 13.1 Å². The number of benzene rings is 1. The minimum Gasteiger partial charge on any atom is -0.454 e. The van der Waals surface area contributed by atoms with Crippen LogP contribution in [0, 0.1) is 0 Å². The third kappa shape index (κ3) is 6.01. The number of amides is 2. The molecule has 2 amide bonds. The Morgan fingerprint density at radius 1 is 1.19 bits per heavy atom. The van der Waals surface area contributed by atoms with E-state index in [1.807, 2.05) is 43.9 Å². The van der Waals surface area contributed by atoms with E-state index in [0.717, 1.165) is 56.3 Å². The highest BCUT2D eigenvalue weighted by Crippen LogP contribution is 2.32. The summed E-state index contributed by atoms with van der Waals surface area (Å²) in [5.41, 5.74) is 0.767. The quantitative estimate of drug-likeness (QED) is 0.825. The maximum Gasteiger partial charge on any atom is 0.318 e. The van der Waals surface area contributed by atoms with Crippen molar-refractivity contribution in [2.24, 2.45) is 0 Å². The highest BCUT2D eigenvalue weighted by Gasteiger charge is 2.21. The number of carbonyl (C=O) groups is 1. The van der Waals surface area contributed by atoms with E-state index in [-0.39, 0.29) is 18.4 Å². The normalized spacial score (nSPS) is 17.0. The van der Waals surface area contributed by atoms with Crippen LogP contribution >= 0.6 is 0 Å². The SMILES string of the molecule is CC(C)(C)NC(=O)N(CCCN1CCOCC1)Cc1ccc2c(c1)OCO2. The first kappa shape index (κ1) is 19.8. The van der Waals surface area contributed by atoms with Crippen LogP contribution in [0.25, 0.3) is 0 Å². The molecule has 150 valence electrons. The van der Waals surface area contributed by atoms with Gasteiger partial charge in [-0.15, -0.1) is 0 Å². The standard InChI is InChI=1S/C20H31N3O4/c1-20(2,3)21-19(24)23(8-4-7-22-9-11-25-12-10-22)14-16-5-6-17-18(13-16)27-15-26-17/h5-6,13H,4,7-12,14-15H2,1-3H3,(H,21,24). The number of nitrogens with zero attached hydrogens (tertiary/aromatic N) is 2. The van der Waals surface area contributed by atoms with Crippen LogP contribution in [0.2, 0.25) is 0 Å². The van der Waals surface area contributed by atoms with E-state index >= 15 is 0 Å². The molecule has 2 aliphatic rings. The van der Waals surface area contributed by atoms with Gasteiger partial charge in [-0.25, -0.2) is 4.79 Å². The Bertz CT molecular complexity index is 639. The van der Waals surface area contributed by atoms with E-state index < -0.39 is 0 Å². The molecule has 7 nitrogen and oxygen atoms in total. The molecule has 0 unspecified atom stereocenters. The summed E-state index contributed by atoms with van der Waals surface area (Å²) in [6.45, 7) is 12.0. The molecule has 0 saturated carbocycles. The van der Waals surface area contributed by atoms with E-state index in [2.05, 4.69) is 10.2 Å². The lowest BCUT2D eigenvalue weighted by Gasteiger charge is -2.30. The average molecular weight is 377 g/mol. The number of fused-ring (bicyclic) bond motifs is 1. The fourth-order valence-electron chi connectivity index (χ4n) is 3.22. The first-order valence-electron chi connectivity index (χ1n) is 9.66. The van der Waals surface area contributed by atoms with Crippen molar-refractivity contribution in [1.29, 1.82) is 0 Å². The first-order valence-corrected chi connectivity index (χ1v) is 9.66. The van der Waals surface area contributed by atoms with Gasteiger partial charge in [-0.05, 0) is 44.9 Å². The van der Waals surface area contributed by atoms with Crippen LogP contribution in [0.1, 0.15) is 32.8 Å². The number of hydrogen-bond donors (Lipinski definition) is 1. The number of rotatable bonds is 6. The zero-order chi connectivity index (χ0) is 19.3. The summed E-state index contributed by atoms with van der Waals surface area (Å²) in [5.74, 6) is 1.51. The van der Waals surface area contributed by atoms with Gasteiger partial charge >= 0.3 is 6.03 Å². The third-order valence-electron chi connectivity index (χ3n) is 4.59. The van der Waals surface area contributed by atoms with Gasteiger partial charge in [0.1, 0.15) is 0 Å². The lowest BCUT2D eigenvalue weighted by atomic mass is 10.1. The van der Waals surface area contributed by atoms with Gasteiger partial charge in [0, 0.05) is 38.3 Å². The van der Waals surface area contributed by atoms with Crippen molar-refractivity contribution in [2.45, 2.75) is 39.3 Å². The second kappa shape index (κ2) is 8.80. The Kier molecular flexibility index (Phi) is 6.44. The molecule has 7 heteroatoms. The highest BCUT2D eigenvalue weighted by atomic mass is 16.7. The molecule has 1 fully saturated rings. The minimum atomic E-state index is -0.269. The van der Waals surface area contributed by atoms with Gasteiger partial charge < -0.3 is 24.4 Å². The van der Waals surface area contributed by atoms with E-state index in [9.17, 15) is 4.79 Å². The number of hydrogen-bond acceptors (Lipinski definition) is 5. The van der Waals surface area contributed by atoms with Crippen molar-refractivity contribution in [3.05, 3.63) is 23.8 Å². The van der Waals surface area contributed by atoms with Crippen LogP contribution in [0.5, 0.6) is 11.5 Å². The van der Waals surface area contributed by atoms with Crippen molar-refractivity contribution >= 4 is 6.03 Å². The molecule has 1 aromatic rings. The predicted molar refractivity (Wildman–Crippen MR) is 103 cm³/mol. The molecule has 0 aliphatic carbocycles. The number of carbonyl (C=O) groups excluding carboxylic acids is 1. The summed E-state index contributed by atoms with van der Waals surface area (Å²) in [4.78, 5) is 17.1. The molecule has 0 radical (unpaired) electrons. The summed E-state index contributed by atoms with van der Waals surface area (Å²) in [5, 5.41) is 3.08. The van der Waals surface area contributed by atoms with Crippen LogP contribution in [0.15, 0.2) is 18.2 Å². The number of morpholine rings is 1.